The number of hydrogen-bond acceptors (Lipinski definition) is 8. The van der Waals surface area contributed by atoms with E-state index in [1.165, 1.54) is 18.5 Å². The van der Waals surface area contributed by atoms with Crippen molar-refractivity contribution in [2.45, 2.75) is 39.2 Å². The van der Waals surface area contributed by atoms with Crippen molar-refractivity contribution in [3.05, 3.63) is 36.3 Å². The highest BCUT2D eigenvalue weighted by atomic mass is 16.6. The van der Waals surface area contributed by atoms with Crippen LogP contribution in [0.4, 0.5) is 4.79 Å². The first kappa shape index (κ1) is 24.1. The number of nitrogens with one attached hydrogen (secondary N) is 1. The van der Waals surface area contributed by atoms with Gasteiger partial charge in [-0.25, -0.2) is 24.5 Å². The number of carboxylic acids is 1. The van der Waals surface area contributed by atoms with Gasteiger partial charge >= 0.3 is 12.1 Å². The fourth-order valence-corrected chi connectivity index (χ4v) is 3.08. The molecule has 33 heavy (non-hydrogen) atoms. The molecule has 0 bridgehead atoms. The normalized spacial score (nSPS) is 11.5. The molecule has 0 fully saturated rings. The molecule has 10 nitrogen and oxygen atoms in total. The zero-order valence-electron chi connectivity index (χ0n) is 19.0. The number of carboxylic acid groups (broad SMARTS) is 1. The largest absolute Gasteiger partial charge is 0.478 e. The molecule has 2 heterocycles. The highest BCUT2D eigenvalue weighted by Gasteiger charge is 2.15. The van der Waals surface area contributed by atoms with Gasteiger partial charge in [-0.15, -0.1) is 0 Å². The van der Waals surface area contributed by atoms with Crippen molar-refractivity contribution in [2.24, 2.45) is 0 Å². The Morgan fingerprint density at radius 1 is 1.09 bits per heavy atom. The van der Waals surface area contributed by atoms with E-state index in [4.69, 9.17) is 14.2 Å². The van der Waals surface area contributed by atoms with Gasteiger partial charge in [-0.1, -0.05) is 6.07 Å². The van der Waals surface area contributed by atoms with Crippen LogP contribution in [0.5, 0.6) is 5.88 Å². The van der Waals surface area contributed by atoms with E-state index in [2.05, 4.69) is 20.3 Å². The monoisotopic (exact) mass is 456 g/mol. The highest BCUT2D eigenvalue weighted by molar-refractivity contribution is 6.07. The maximum absolute atomic E-state index is 11.6. The molecule has 0 saturated carbocycles. The summed E-state index contributed by atoms with van der Waals surface area (Å²) >= 11 is 0. The molecule has 0 spiro atoms. The molecule has 3 rings (SSSR count). The predicted molar refractivity (Wildman–Crippen MR) is 122 cm³/mol. The summed E-state index contributed by atoms with van der Waals surface area (Å²) in [6, 6.07) is 4.72. The smallest absolute Gasteiger partial charge is 0.407 e. The Morgan fingerprint density at radius 3 is 2.67 bits per heavy atom. The number of fused-ring (bicyclic) bond motifs is 3. The third kappa shape index (κ3) is 6.98. The molecule has 0 aliphatic heterocycles. The van der Waals surface area contributed by atoms with Crippen LogP contribution >= 0.6 is 0 Å². The Hall–Kier alpha value is -3.53. The van der Waals surface area contributed by atoms with Gasteiger partial charge in [0, 0.05) is 30.1 Å². The second-order valence-corrected chi connectivity index (χ2v) is 8.34. The molecular formula is C23H28N4O6. The third-order valence-electron chi connectivity index (χ3n) is 4.52. The number of alkyl carbamates (subject to hydrolysis) is 1. The number of pyridine rings is 1. The number of ether oxygens (including phenoxy) is 3. The first-order valence-corrected chi connectivity index (χ1v) is 10.7. The lowest BCUT2D eigenvalue weighted by Crippen LogP contribution is -2.33. The Kier molecular flexibility index (Phi) is 7.94. The summed E-state index contributed by atoms with van der Waals surface area (Å²) < 4.78 is 16.5. The number of benzene rings is 1. The van der Waals surface area contributed by atoms with Crippen molar-refractivity contribution < 1.29 is 28.9 Å². The predicted octanol–water partition coefficient (Wildman–Crippen LogP) is 3.58. The summed E-state index contributed by atoms with van der Waals surface area (Å²) in [7, 11) is 0. The molecule has 176 valence electrons. The third-order valence-corrected chi connectivity index (χ3v) is 4.52. The number of unbranched alkanes of at least 4 members (excludes halogenated alkanes) is 1. The average molecular weight is 456 g/mol. The zero-order chi connectivity index (χ0) is 23.8. The summed E-state index contributed by atoms with van der Waals surface area (Å²) in [6.45, 7) is 7.10. The molecular weight excluding hydrogens is 428 g/mol. The molecule has 2 aromatic heterocycles. The molecule has 0 aliphatic carbocycles. The average Bonchev–Trinajstić information content (AvgIpc) is 2.76. The fraction of sp³-hybridized carbons (Fsp3) is 0.435. The van der Waals surface area contributed by atoms with Gasteiger partial charge in [0.15, 0.2) is 0 Å². The van der Waals surface area contributed by atoms with Gasteiger partial charge in [-0.05, 0) is 45.7 Å². The topological polar surface area (TPSA) is 133 Å². The van der Waals surface area contributed by atoms with E-state index in [-0.39, 0.29) is 12.2 Å². The Bertz CT molecular complexity index is 1130. The lowest BCUT2D eigenvalue weighted by atomic mass is 10.1. The summed E-state index contributed by atoms with van der Waals surface area (Å²) in [4.78, 5) is 35.7. The lowest BCUT2D eigenvalue weighted by Gasteiger charge is -2.19. The minimum atomic E-state index is -1.03. The van der Waals surface area contributed by atoms with E-state index in [0.717, 1.165) is 23.6 Å². The standard InChI is InChI=1S/C23H28N4O6/c1-23(2,3)33-22(30)25-8-4-5-9-31-10-11-32-20-19-17(13-24-14-26-19)16-7-6-15(21(28)29)12-18(16)27-20/h6-7,12-14H,4-5,8-11H2,1-3H3,(H,25,30)(H,28,29). The van der Waals surface area contributed by atoms with Crippen molar-refractivity contribution in [3.8, 4) is 5.88 Å². The van der Waals surface area contributed by atoms with E-state index in [0.29, 0.717) is 36.7 Å². The fourth-order valence-electron chi connectivity index (χ4n) is 3.08. The highest BCUT2D eigenvalue weighted by Crippen LogP contribution is 2.29. The van der Waals surface area contributed by atoms with Crippen LogP contribution in [0.3, 0.4) is 0 Å². The number of aromatic carboxylic acids is 1. The molecule has 0 radical (unpaired) electrons. The van der Waals surface area contributed by atoms with Crippen molar-refractivity contribution in [2.75, 3.05) is 26.4 Å². The van der Waals surface area contributed by atoms with Crippen molar-refractivity contribution in [3.63, 3.8) is 0 Å². The number of amides is 1. The number of hydrogen-bond donors (Lipinski definition) is 2. The van der Waals surface area contributed by atoms with Gasteiger partial charge in [-0.2, -0.15) is 0 Å². The molecule has 0 unspecified atom stereocenters. The van der Waals surface area contributed by atoms with E-state index in [9.17, 15) is 14.7 Å². The van der Waals surface area contributed by atoms with Crippen LogP contribution in [0, 0.1) is 0 Å². The molecule has 2 N–H and O–H groups in total. The first-order valence-electron chi connectivity index (χ1n) is 10.7. The molecule has 0 atom stereocenters. The van der Waals surface area contributed by atoms with Gasteiger partial charge in [0.05, 0.1) is 17.7 Å². The number of carbonyl (C=O) groups is 2. The first-order chi connectivity index (χ1) is 15.7. The maximum Gasteiger partial charge on any atom is 0.407 e. The molecule has 0 saturated heterocycles. The summed E-state index contributed by atoms with van der Waals surface area (Å²) in [5.74, 6) is -0.729. The Balaban J connectivity index is 1.47. The van der Waals surface area contributed by atoms with E-state index < -0.39 is 17.7 Å². The molecule has 1 amide bonds. The number of nitrogens with zero attached hydrogens (tertiary/aromatic N) is 3. The second-order valence-electron chi connectivity index (χ2n) is 8.34. The van der Waals surface area contributed by atoms with Crippen molar-refractivity contribution in [1.29, 1.82) is 0 Å². The van der Waals surface area contributed by atoms with E-state index in [1.807, 2.05) is 20.8 Å². The Morgan fingerprint density at radius 2 is 1.91 bits per heavy atom. The van der Waals surface area contributed by atoms with Crippen LogP contribution in [0.1, 0.15) is 44.0 Å². The van der Waals surface area contributed by atoms with Gasteiger partial charge in [0.2, 0.25) is 5.88 Å². The minimum Gasteiger partial charge on any atom is -0.478 e. The second kappa shape index (κ2) is 10.9. The lowest BCUT2D eigenvalue weighted by molar-refractivity contribution is 0.0522. The molecule has 10 heteroatoms. The van der Waals surface area contributed by atoms with Crippen LogP contribution < -0.4 is 10.1 Å². The van der Waals surface area contributed by atoms with E-state index >= 15 is 0 Å². The van der Waals surface area contributed by atoms with Gasteiger partial charge < -0.3 is 24.6 Å². The summed E-state index contributed by atoms with van der Waals surface area (Å²) in [5.41, 5.74) is 0.671. The maximum atomic E-state index is 11.6. The number of carbonyl (C=O) groups excluding carboxylic acids is 1. The van der Waals surface area contributed by atoms with E-state index in [1.54, 1.807) is 12.3 Å². The van der Waals surface area contributed by atoms with Gasteiger partial charge in [0.25, 0.3) is 0 Å². The minimum absolute atomic E-state index is 0.140. The summed E-state index contributed by atoms with van der Waals surface area (Å²) in [5, 5.41) is 13.4. The molecule has 1 aromatic carbocycles. The molecule has 3 aromatic rings. The van der Waals surface area contributed by atoms with Gasteiger partial charge in [-0.3, -0.25) is 0 Å². The van der Waals surface area contributed by atoms with Crippen LogP contribution in [-0.4, -0.2) is 64.1 Å². The van der Waals surface area contributed by atoms with Crippen molar-refractivity contribution in [1.82, 2.24) is 20.3 Å². The quantitative estimate of drug-likeness (QED) is 0.347. The SMILES string of the molecule is CC(C)(C)OC(=O)NCCCCOCCOc1nc2cc(C(=O)O)ccc2c2cncnc12. The van der Waals surface area contributed by atoms with Crippen LogP contribution in [0.15, 0.2) is 30.7 Å². The summed E-state index contributed by atoms with van der Waals surface area (Å²) in [6.07, 6.45) is 4.18. The Labute approximate surface area is 191 Å². The van der Waals surface area contributed by atoms with Crippen LogP contribution in [-0.2, 0) is 9.47 Å². The van der Waals surface area contributed by atoms with Crippen molar-refractivity contribution >= 4 is 33.9 Å². The number of aromatic nitrogens is 3. The zero-order valence-corrected chi connectivity index (χ0v) is 19.0. The van der Waals surface area contributed by atoms with Crippen LogP contribution in [0.25, 0.3) is 21.8 Å². The molecule has 0 aliphatic rings. The van der Waals surface area contributed by atoms with Crippen LogP contribution in [0.2, 0.25) is 0 Å². The van der Waals surface area contributed by atoms with Gasteiger partial charge in [0.1, 0.15) is 24.1 Å². The number of rotatable bonds is 10.